The lowest BCUT2D eigenvalue weighted by molar-refractivity contribution is -0.139. The number of benzene rings is 1. The van der Waals surface area contributed by atoms with Gasteiger partial charge >= 0.3 is 12.0 Å². The summed E-state index contributed by atoms with van der Waals surface area (Å²) in [6.45, 7) is 4.29. The van der Waals surface area contributed by atoms with E-state index in [4.69, 9.17) is 4.74 Å². The molecule has 0 aromatic heterocycles. The third-order valence-electron chi connectivity index (χ3n) is 4.17. The molecule has 0 radical (unpaired) electrons. The van der Waals surface area contributed by atoms with E-state index in [1.54, 1.807) is 14.0 Å². The van der Waals surface area contributed by atoms with Gasteiger partial charge in [0.2, 0.25) is 0 Å². The SMILES string of the molecule is CCCCCOC(=O)C1=C(C)N(C)C(=O)N[C@@H]1c1ccccc1I. The van der Waals surface area contributed by atoms with Crippen LogP contribution >= 0.6 is 22.6 Å². The van der Waals surface area contributed by atoms with Crippen LogP contribution in [0.25, 0.3) is 0 Å². The highest BCUT2D eigenvalue weighted by Crippen LogP contribution is 2.32. The molecule has 130 valence electrons. The van der Waals surface area contributed by atoms with Crippen molar-refractivity contribution in [2.45, 2.75) is 39.2 Å². The van der Waals surface area contributed by atoms with Gasteiger partial charge in [0.1, 0.15) is 0 Å². The second-order valence-corrected chi connectivity index (χ2v) is 6.97. The molecule has 1 atom stereocenters. The van der Waals surface area contributed by atoms with Crippen molar-refractivity contribution in [1.29, 1.82) is 0 Å². The Morgan fingerprint density at radius 2 is 2.04 bits per heavy atom. The monoisotopic (exact) mass is 442 g/mol. The lowest BCUT2D eigenvalue weighted by Gasteiger charge is -2.33. The molecule has 2 rings (SSSR count). The van der Waals surface area contributed by atoms with Gasteiger partial charge < -0.3 is 15.0 Å². The van der Waals surface area contributed by atoms with Gasteiger partial charge in [0.15, 0.2) is 0 Å². The van der Waals surface area contributed by atoms with Gasteiger partial charge in [0, 0.05) is 16.3 Å². The normalized spacial score (nSPS) is 17.8. The van der Waals surface area contributed by atoms with Crippen LogP contribution in [0.3, 0.4) is 0 Å². The molecule has 6 heteroatoms. The second kappa shape index (κ2) is 8.50. The van der Waals surface area contributed by atoms with Gasteiger partial charge in [-0.3, -0.25) is 0 Å². The Labute approximate surface area is 156 Å². The maximum atomic E-state index is 12.7. The average molecular weight is 442 g/mol. The number of ether oxygens (including phenoxy) is 1. The number of urea groups is 1. The van der Waals surface area contributed by atoms with Crippen LogP contribution in [0.1, 0.15) is 44.7 Å². The van der Waals surface area contributed by atoms with E-state index < -0.39 is 6.04 Å². The molecule has 1 aliphatic rings. The van der Waals surface area contributed by atoms with Crippen molar-refractivity contribution in [3.8, 4) is 0 Å². The van der Waals surface area contributed by atoms with Crippen molar-refractivity contribution >= 4 is 34.6 Å². The molecule has 0 aliphatic carbocycles. The first-order chi connectivity index (χ1) is 11.5. The van der Waals surface area contributed by atoms with Crippen LogP contribution in [0.15, 0.2) is 35.5 Å². The highest BCUT2D eigenvalue weighted by Gasteiger charge is 2.35. The molecule has 1 heterocycles. The first-order valence-corrected chi connectivity index (χ1v) is 9.21. The number of unbranched alkanes of at least 4 members (excludes halogenated alkanes) is 2. The van der Waals surface area contributed by atoms with Crippen LogP contribution in [0.4, 0.5) is 4.79 Å². The summed E-state index contributed by atoms with van der Waals surface area (Å²) in [6, 6.07) is 7.01. The number of amides is 2. The van der Waals surface area contributed by atoms with E-state index in [2.05, 4.69) is 34.8 Å². The van der Waals surface area contributed by atoms with Gasteiger partial charge in [-0.2, -0.15) is 0 Å². The molecular formula is C18H23IN2O3. The smallest absolute Gasteiger partial charge is 0.338 e. The maximum absolute atomic E-state index is 12.7. The lowest BCUT2D eigenvalue weighted by atomic mass is 9.95. The fourth-order valence-electron chi connectivity index (χ4n) is 2.64. The first-order valence-electron chi connectivity index (χ1n) is 8.13. The molecule has 5 nitrogen and oxygen atoms in total. The molecule has 24 heavy (non-hydrogen) atoms. The Kier molecular flexibility index (Phi) is 6.65. The Balaban J connectivity index is 2.32. The van der Waals surface area contributed by atoms with Crippen molar-refractivity contribution < 1.29 is 14.3 Å². The van der Waals surface area contributed by atoms with Crippen molar-refractivity contribution in [1.82, 2.24) is 10.2 Å². The number of esters is 1. The van der Waals surface area contributed by atoms with E-state index in [1.807, 2.05) is 24.3 Å². The van der Waals surface area contributed by atoms with Crippen LogP contribution in [-0.2, 0) is 9.53 Å². The third kappa shape index (κ3) is 4.09. The topological polar surface area (TPSA) is 58.6 Å². The second-order valence-electron chi connectivity index (χ2n) is 5.81. The van der Waals surface area contributed by atoms with E-state index >= 15 is 0 Å². The number of halogens is 1. The van der Waals surface area contributed by atoms with E-state index in [0.717, 1.165) is 28.4 Å². The molecule has 1 aromatic rings. The Morgan fingerprint density at radius 1 is 1.33 bits per heavy atom. The van der Waals surface area contributed by atoms with Crippen molar-refractivity contribution in [3.63, 3.8) is 0 Å². The minimum atomic E-state index is -0.486. The van der Waals surface area contributed by atoms with Crippen LogP contribution in [-0.4, -0.2) is 30.6 Å². The molecule has 0 unspecified atom stereocenters. The average Bonchev–Trinajstić information content (AvgIpc) is 2.56. The van der Waals surface area contributed by atoms with Gasteiger partial charge in [-0.1, -0.05) is 38.0 Å². The molecule has 2 amide bonds. The Morgan fingerprint density at radius 3 is 2.71 bits per heavy atom. The zero-order valence-electron chi connectivity index (χ0n) is 14.3. The van der Waals surface area contributed by atoms with Gasteiger partial charge in [-0.25, -0.2) is 9.59 Å². The fraction of sp³-hybridized carbons (Fsp3) is 0.444. The van der Waals surface area contributed by atoms with E-state index in [9.17, 15) is 9.59 Å². The number of rotatable bonds is 6. The van der Waals surface area contributed by atoms with Gasteiger partial charge in [-0.15, -0.1) is 0 Å². The Hall–Kier alpha value is -1.57. The molecule has 0 spiro atoms. The fourth-order valence-corrected chi connectivity index (χ4v) is 3.34. The zero-order chi connectivity index (χ0) is 17.7. The number of nitrogens with zero attached hydrogens (tertiary/aromatic N) is 1. The van der Waals surface area contributed by atoms with Crippen molar-refractivity contribution in [3.05, 3.63) is 44.7 Å². The summed E-state index contributed by atoms with van der Waals surface area (Å²) in [7, 11) is 1.65. The minimum absolute atomic E-state index is 0.223. The van der Waals surface area contributed by atoms with Crippen LogP contribution in [0, 0.1) is 3.57 Å². The number of nitrogens with one attached hydrogen (secondary N) is 1. The summed E-state index contributed by atoms with van der Waals surface area (Å²) >= 11 is 2.22. The predicted molar refractivity (Wildman–Crippen MR) is 101 cm³/mol. The quantitative estimate of drug-likeness (QED) is 0.412. The molecule has 0 saturated heterocycles. The summed E-state index contributed by atoms with van der Waals surface area (Å²) in [5, 5.41) is 2.91. The highest BCUT2D eigenvalue weighted by molar-refractivity contribution is 14.1. The molecule has 0 bridgehead atoms. The number of carbonyl (C=O) groups is 2. The molecule has 1 aliphatic heterocycles. The lowest BCUT2D eigenvalue weighted by Crippen LogP contribution is -2.46. The molecule has 0 fully saturated rings. The van der Waals surface area contributed by atoms with Crippen LogP contribution in [0.5, 0.6) is 0 Å². The first kappa shape index (κ1) is 18.8. The number of hydrogen-bond acceptors (Lipinski definition) is 3. The summed E-state index contributed by atoms with van der Waals surface area (Å²) in [4.78, 5) is 26.3. The predicted octanol–water partition coefficient (Wildman–Crippen LogP) is 3.99. The number of allylic oxidation sites excluding steroid dienone is 1. The summed E-state index contributed by atoms with van der Waals surface area (Å²) in [6.07, 6.45) is 2.95. The molecule has 0 saturated carbocycles. The van der Waals surface area contributed by atoms with E-state index in [1.165, 1.54) is 4.90 Å². The largest absolute Gasteiger partial charge is 0.462 e. The minimum Gasteiger partial charge on any atom is -0.462 e. The van der Waals surface area contributed by atoms with Crippen LogP contribution < -0.4 is 5.32 Å². The maximum Gasteiger partial charge on any atom is 0.338 e. The van der Waals surface area contributed by atoms with Gasteiger partial charge in [-0.05, 0) is 47.6 Å². The Bertz CT molecular complexity index is 657. The van der Waals surface area contributed by atoms with Gasteiger partial charge in [0.05, 0.1) is 18.2 Å². The summed E-state index contributed by atoms with van der Waals surface area (Å²) < 4.78 is 6.45. The number of carbonyl (C=O) groups excluding carboxylic acids is 2. The van der Waals surface area contributed by atoms with E-state index in [-0.39, 0.29) is 12.0 Å². The van der Waals surface area contributed by atoms with Gasteiger partial charge in [0.25, 0.3) is 0 Å². The summed E-state index contributed by atoms with van der Waals surface area (Å²) in [5.74, 6) is -0.361. The molecule has 1 aromatic carbocycles. The van der Waals surface area contributed by atoms with E-state index in [0.29, 0.717) is 17.9 Å². The number of hydrogen-bond donors (Lipinski definition) is 1. The van der Waals surface area contributed by atoms with Crippen molar-refractivity contribution in [2.75, 3.05) is 13.7 Å². The molecule has 1 N–H and O–H groups in total. The van der Waals surface area contributed by atoms with Crippen molar-refractivity contribution in [2.24, 2.45) is 0 Å². The third-order valence-corrected chi connectivity index (χ3v) is 5.15. The van der Waals surface area contributed by atoms with Crippen LogP contribution in [0.2, 0.25) is 0 Å². The summed E-state index contributed by atoms with van der Waals surface area (Å²) in [5.41, 5.74) is 2.03. The standard InChI is InChI=1S/C18H23IN2O3/c1-4-5-8-11-24-17(22)15-12(2)21(3)18(23)20-16(15)13-9-6-7-10-14(13)19/h6-7,9-10,16H,4-5,8,11H2,1-3H3,(H,20,23)/t16-/m1/s1. The highest BCUT2D eigenvalue weighted by atomic mass is 127. The molecular weight excluding hydrogens is 419 g/mol. The zero-order valence-corrected chi connectivity index (χ0v) is 16.4.